The number of fused-ring (bicyclic) bond motifs is 1. The maximum atomic E-state index is 12.9. The Bertz CT molecular complexity index is 1200. The molecule has 2 aromatic carbocycles. The fourth-order valence-electron chi connectivity index (χ4n) is 3.52. The summed E-state index contributed by atoms with van der Waals surface area (Å²) >= 11 is 1.55. The molecule has 0 saturated heterocycles. The maximum Gasteiger partial charge on any atom is 0.265 e. The van der Waals surface area contributed by atoms with Crippen molar-refractivity contribution in [1.82, 2.24) is 4.98 Å². The Labute approximate surface area is 201 Å². The van der Waals surface area contributed by atoms with Crippen molar-refractivity contribution in [1.29, 1.82) is 0 Å². The second kappa shape index (κ2) is 10.5. The zero-order chi connectivity index (χ0) is 24.1. The third kappa shape index (κ3) is 5.13. The Morgan fingerprint density at radius 3 is 2.79 bits per heavy atom. The van der Waals surface area contributed by atoms with Crippen LogP contribution in [0.25, 0.3) is 11.3 Å². The van der Waals surface area contributed by atoms with Gasteiger partial charge in [0.1, 0.15) is 23.8 Å². The SMILES string of the molecule is COCCc1nc(-c2ccc3c(c2)N(CC(=O)Nc2ccc(OC)cc2OC)C(=O)CO3)cs1. The number of carbonyl (C=O) groups is 2. The largest absolute Gasteiger partial charge is 0.497 e. The first-order valence-electron chi connectivity index (χ1n) is 10.5. The molecule has 0 atom stereocenters. The van der Waals surface area contributed by atoms with E-state index in [4.69, 9.17) is 18.9 Å². The van der Waals surface area contributed by atoms with E-state index in [9.17, 15) is 9.59 Å². The highest BCUT2D eigenvalue weighted by atomic mass is 32.1. The van der Waals surface area contributed by atoms with Crippen LogP contribution in [-0.2, 0) is 20.7 Å². The highest BCUT2D eigenvalue weighted by molar-refractivity contribution is 7.09. The average molecular weight is 484 g/mol. The molecule has 1 N–H and O–H groups in total. The zero-order valence-electron chi connectivity index (χ0n) is 19.1. The molecule has 3 aromatic rings. The lowest BCUT2D eigenvalue weighted by Crippen LogP contribution is -2.43. The third-order valence-corrected chi connectivity index (χ3v) is 6.16. The first kappa shape index (κ1) is 23.5. The van der Waals surface area contributed by atoms with Crippen LogP contribution >= 0.6 is 11.3 Å². The molecule has 34 heavy (non-hydrogen) atoms. The van der Waals surface area contributed by atoms with E-state index in [1.807, 2.05) is 17.5 Å². The zero-order valence-corrected chi connectivity index (χ0v) is 19.9. The van der Waals surface area contributed by atoms with Crippen molar-refractivity contribution in [2.75, 3.05) is 51.3 Å². The summed E-state index contributed by atoms with van der Waals surface area (Å²) in [5.41, 5.74) is 2.63. The predicted octanol–water partition coefficient (Wildman–Crippen LogP) is 3.38. The number of nitrogens with zero attached hydrogens (tertiary/aromatic N) is 2. The Morgan fingerprint density at radius 2 is 2.03 bits per heavy atom. The summed E-state index contributed by atoms with van der Waals surface area (Å²) in [5, 5.41) is 5.73. The quantitative estimate of drug-likeness (QED) is 0.498. The van der Waals surface area contributed by atoms with Gasteiger partial charge in [0.05, 0.1) is 42.9 Å². The van der Waals surface area contributed by atoms with Gasteiger partial charge in [-0.2, -0.15) is 0 Å². The number of rotatable bonds is 9. The van der Waals surface area contributed by atoms with Crippen molar-refractivity contribution < 1.29 is 28.5 Å². The molecule has 1 aliphatic rings. The molecule has 0 radical (unpaired) electrons. The molecule has 0 spiro atoms. The van der Waals surface area contributed by atoms with E-state index in [0.29, 0.717) is 35.2 Å². The fraction of sp³-hybridized carbons (Fsp3) is 0.292. The number of nitrogens with one attached hydrogen (secondary N) is 1. The lowest BCUT2D eigenvalue weighted by molar-refractivity contribution is -0.123. The summed E-state index contributed by atoms with van der Waals surface area (Å²) in [7, 11) is 4.71. The normalized spacial score (nSPS) is 12.7. The highest BCUT2D eigenvalue weighted by Gasteiger charge is 2.28. The van der Waals surface area contributed by atoms with Gasteiger partial charge in [-0.1, -0.05) is 0 Å². The van der Waals surface area contributed by atoms with Crippen LogP contribution in [0.1, 0.15) is 5.01 Å². The minimum atomic E-state index is -0.370. The summed E-state index contributed by atoms with van der Waals surface area (Å²) in [6, 6.07) is 10.6. The van der Waals surface area contributed by atoms with Gasteiger partial charge in [-0.25, -0.2) is 4.98 Å². The molecule has 178 valence electrons. The van der Waals surface area contributed by atoms with Gasteiger partial charge in [0, 0.05) is 30.5 Å². The highest BCUT2D eigenvalue weighted by Crippen LogP contribution is 2.36. The van der Waals surface area contributed by atoms with Gasteiger partial charge >= 0.3 is 0 Å². The van der Waals surface area contributed by atoms with Gasteiger partial charge in [-0.15, -0.1) is 11.3 Å². The summed E-state index contributed by atoms with van der Waals surface area (Å²) in [5.74, 6) is 0.919. The first-order chi connectivity index (χ1) is 16.5. The van der Waals surface area contributed by atoms with Crippen LogP contribution in [0.15, 0.2) is 41.8 Å². The molecule has 0 bridgehead atoms. The number of methoxy groups -OCH3 is 3. The molecule has 0 fully saturated rings. The van der Waals surface area contributed by atoms with Gasteiger partial charge < -0.3 is 24.3 Å². The molecule has 10 heteroatoms. The predicted molar refractivity (Wildman–Crippen MR) is 129 cm³/mol. The van der Waals surface area contributed by atoms with Crippen molar-refractivity contribution in [3.05, 3.63) is 46.8 Å². The van der Waals surface area contributed by atoms with E-state index >= 15 is 0 Å². The van der Waals surface area contributed by atoms with Crippen LogP contribution in [0.3, 0.4) is 0 Å². The first-order valence-corrected chi connectivity index (χ1v) is 11.4. The van der Waals surface area contributed by atoms with Crippen molar-refractivity contribution in [2.45, 2.75) is 6.42 Å². The van der Waals surface area contributed by atoms with Gasteiger partial charge in [-0.05, 0) is 30.3 Å². The molecular weight excluding hydrogens is 458 g/mol. The van der Waals surface area contributed by atoms with E-state index in [-0.39, 0.29) is 25.0 Å². The number of benzene rings is 2. The van der Waals surface area contributed by atoms with Gasteiger partial charge in [0.15, 0.2) is 6.61 Å². The standard InChI is InChI=1S/C24H25N3O6S/c1-30-9-8-23-26-18(14-34-23)15-4-7-20-19(10-15)27(24(29)13-33-20)12-22(28)25-17-6-5-16(31-2)11-21(17)32-3/h4-7,10-11,14H,8-9,12-13H2,1-3H3,(H,25,28). The summed E-state index contributed by atoms with van der Waals surface area (Å²) in [4.78, 5) is 31.6. The molecule has 0 aliphatic carbocycles. The molecule has 0 saturated carbocycles. The number of aromatic nitrogens is 1. The van der Waals surface area contributed by atoms with Crippen LogP contribution in [-0.4, -0.2) is 57.9 Å². The van der Waals surface area contributed by atoms with Gasteiger partial charge in [-0.3, -0.25) is 14.5 Å². The summed E-state index contributed by atoms with van der Waals surface area (Å²) in [6.07, 6.45) is 0.731. The van der Waals surface area contributed by atoms with Gasteiger partial charge in [0.25, 0.3) is 5.91 Å². The fourth-order valence-corrected chi connectivity index (χ4v) is 4.31. The Morgan fingerprint density at radius 1 is 1.18 bits per heavy atom. The van der Waals surface area contributed by atoms with E-state index in [1.54, 1.807) is 49.8 Å². The van der Waals surface area contributed by atoms with E-state index in [2.05, 4.69) is 10.3 Å². The van der Waals surface area contributed by atoms with Crippen LogP contribution < -0.4 is 24.4 Å². The van der Waals surface area contributed by atoms with Gasteiger partial charge in [0.2, 0.25) is 5.91 Å². The lowest BCUT2D eigenvalue weighted by atomic mass is 10.1. The molecule has 4 rings (SSSR count). The molecule has 0 unspecified atom stereocenters. The van der Waals surface area contributed by atoms with Crippen LogP contribution in [0, 0.1) is 0 Å². The average Bonchev–Trinajstić information content (AvgIpc) is 3.33. The van der Waals surface area contributed by atoms with Crippen molar-refractivity contribution in [2.24, 2.45) is 0 Å². The van der Waals surface area contributed by atoms with E-state index < -0.39 is 0 Å². The third-order valence-electron chi connectivity index (χ3n) is 5.25. The number of amides is 2. The minimum Gasteiger partial charge on any atom is -0.497 e. The number of anilines is 2. The smallest absolute Gasteiger partial charge is 0.265 e. The Hall–Kier alpha value is -3.63. The van der Waals surface area contributed by atoms with Crippen LogP contribution in [0.2, 0.25) is 0 Å². The second-order valence-electron chi connectivity index (χ2n) is 7.43. The topological polar surface area (TPSA) is 99.2 Å². The molecule has 1 aliphatic heterocycles. The Kier molecular flexibility index (Phi) is 7.29. The van der Waals surface area contributed by atoms with Crippen molar-refractivity contribution >= 4 is 34.5 Å². The lowest BCUT2D eigenvalue weighted by Gasteiger charge is -2.29. The molecule has 2 amide bonds. The summed E-state index contributed by atoms with van der Waals surface area (Å²) < 4.78 is 21.2. The van der Waals surface area contributed by atoms with Crippen molar-refractivity contribution in [3.8, 4) is 28.5 Å². The van der Waals surface area contributed by atoms with E-state index in [0.717, 1.165) is 22.7 Å². The molecule has 1 aromatic heterocycles. The Balaban J connectivity index is 1.54. The second-order valence-corrected chi connectivity index (χ2v) is 8.38. The number of ether oxygens (including phenoxy) is 4. The van der Waals surface area contributed by atoms with Crippen molar-refractivity contribution in [3.63, 3.8) is 0 Å². The monoisotopic (exact) mass is 483 g/mol. The number of hydrogen-bond donors (Lipinski definition) is 1. The number of carbonyl (C=O) groups excluding carboxylic acids is 2. The van der Waals surface area contributed by atoms with Crippen LogP contribution in [0.5, 0.6) is 17.2 Å². The molecule has 2 heterocycles. The minimum absolute atomic E-state index is 0.136. The number of thiazole rings is 1. The molecule has 9 nitrogen and oxygen atoms in total. The maximum absolute atomic E-state index is 12.9. The molecular formula is C24H25N3O6S. The number of hydrogen-bond acceptors (Lipinski definition) is 8. The summed E-state index contributed by atoms with van der Waals surface area (Å²) in [6.45, 7) is 0.286. The van der Waals surface area contributed by atoms with Crippen LogP contribution in [0.4, 0.5) is 11.4 Å². The van der Waals surface area contributed by atoms with E-state index in [1.165, 1.54) is 12.0 Å².